The van der Waals surface area contributed by atoms with E-state index in [2.05, 4.69) is 10.6 Å². The van der Waals surface area contributed by atoms with Crippen molar-refractivity contribution in [1.29, 1.82) is 0 Å². The summed E-state index contributed by atoms with van der Waals surface area (Å²) in [7, 11) is 0. The molecule has 1 saturated heterocycles. The first kappa shape index (κ1) is 17.2. The van der Waals surface area contributed by atoms with Gasteiger partial charge in [0, 0.05) is 12.6 Å². The highest BCUT2D eigenvalue weighted by atomic mass is 35.5. The summed E-state index contributed by atoms with van der Waals surface area (Å²) in [6.45, 7) is 1.87. The summed E-state index contributed by atoms with van der Waals surface area (Å²) in [6, 6.07) is 6.78. The van der Waals surface area contributed by atoms with E-state index in [-0.39, 0.29) is 30.2 Å². The molecule has 122 valence electrons. The van der Waals surface area contributed by atoms with Crippen LogP contribution in [-0.2, 0) is 10.2 Å². The fourth-order valence-corrected chi connectivity index (χ4v) is 3.71. The second kappa shape index (κ2) is 7.42. The van der Waals surface area contributed by atoms with Crippen molar-refractivity contribution >= 4 is 18.3 Å². The van der Waals surface area contributed by atoms with E-state index in [1.165, 1.54) is 12.1 Å². The van der Waals surface area contributed by atoms with Crippen LogP contribution < -0.4 is 10.6 Å². The van der Waals surface area contributed by atoms with Gasteiger partial charge in [0.15, 0.2) is 0 Å². The molecule has 0 bridgehead atoms. The van der Waals surface area contributed by atoms with E-state index >= 15 is 0 Å². The van der Waals surface area contributed by atoms with Gasteiger partial charge in [-0.3, -0.25) is 4.79 Å². The first-order valence-corrected chi connectivity index (χ1v) is 7.98. The maximum Gasteiger partial charge on any atom is 0.230 e. The lowest BCUT2D eigenvalue weighted by atomic mass is 9.77. The van der Waals surface area contributed by atoms with Crippen molar-refractivity contribution in [3.05, 3.63) is 35.6 Å². The molecule has 22 heavy (non-hydrogen) atoms. The molecule has 1 aromatic carbocycles. The second-order valence-electron chi connectivity index (χ2n) is 6.32. The maximum absolute atomic E-state index is 13.6. The lowest BCUT2D eigenvalue weighted by molar-refractivity contribution is -0.127. The molecule has 2 fully saturated rings. The fourth-order valence-electron chi connectivity index (χ4n) is 3.71. The third-order valence-electron chi connectivity index (χ3n) is 4.90. The Balaban J connectivity index is 0.00000176. The van der Waals surface area contributed by atoms with Crippen LogP contribution in [-0.4, -0.2) is 25.0 Å². The Hall–Kier alpha value is -1.13. The van der Waals surface area contributed by atoms with E-state index in [1.54, 1.807) is 6.07 Å². The average molecular weight is 327 g/mol. The van der Waals surface area contributed by atoms with Crippen molar-refractivity contribution in [3.63, 3.8) is 0 Å². The zero-order valence-corrected chi connectivity index (χ0v) is 13.6. The van der Waals surface area contributed by atoms with Gasteiger partial charge in [0.25, 0.3) is 0 Å². The SMILES string of the molecule is Cl.O=C(NC1CCCNC1)C1(c2cccc(F)c2)CCCC1. The van der Waals surface area contributed by atoms with Crippen LogP contribution in [0.25, 0.3) is 0 Å². The second-order valence-corrected chi connectivity index (χ2v) is 6.32. The highest BCUT2D eigenvalue weighted by Gasteiger charge is 2.43. The van der Waals surface area contributed by atoms with E-state index in [1.807, 2.05) is 6.07 Å². The summed E-state index contributed by atoms with van der Waals surface area (Å²) in [6.07, 6.45) is 5.83. The highest BCUT2D eigenvalue weighted by Crippen LogP contribution is 2.41. The number of hydrogen-bond donors (Lipinski definition) is 2. The average Bonchev–Trinajstić information content (AvgIpc) is 2.99. The summed E-state index contributed by atoms with van der Waals surface area (Å²) in [5, 5.41) is 6.51. The van der Waals surface area contributed by atoms with Gasteiger partial charge < -0.3 is 10.6 Å². The van der Waals surface area contributed by atoms with Gasteiger partial charge in [0.05, 0.1) is 5.41 Å². The van der Waals surface area contributed by atoms with Crippen LogP contribution in [0, 0.1) is 5.82 Å². The van der Waals surface area contributed by atoms with Gasteiger partial charge in [-0.05, 0) is 49.9 Å². The van der Waals surface area contributed by atoms with Crippen LogP contribution in [0.15, 0.2) is 24.3 Å². The molecule has 5 heteroatoms. The molecule has 0 spiro atoms. The molecule has 1 aliphatic heterocycles. The molecule has 1 atom stereocenters. The zero-order valence-electron chi connectivity index (χ0n) is 12.7. The normalized spacial score (nSPS) is 23.6. The van der Waals surface area contributed by atoms with Gasteiger partial charge >= 0.3 is 0 Å². The molecule has 0 aromatic heterocycles. The topological polar surface area (TPSA) is 41.1 Å². The van der Waals surface area contributed by atoms with Gasteiger partial charge in [-0.1, -0.05) is 25.0 Å². The lowest BCUT2D eigenvalue weighted by Crippen LogP contribution is -2.51. The molecule has 1 heterocycles. The quantitative estimate of drug-likeness (QED) is 0.896. The van der Waals surface area contributed by atoms with E-state index < -0.39 is 5.41 Å². The Morgan fingerprint density at radius 3 is 2.68 bits per heavy atom. The van der Waals surface area contributed by atoms with Gasteiger partial charge in [0.2, 0.25) is 5.91 Å². The number of nitrogens with one attached hydrogen (secondary N) is 2. The van der Waals surface area contributed by atoms with Crippen molar-refractivity contribution in [2.45, 2.75) is 50.0 Å². The van der Waals surface area contributed by atoms with Gasteiger partial charge in [0.1, 0.15) is 5.82 Å². The van der Waals surface area contributed by atoms with Crippen molar-refractivity contribution < 1.29 is 9.18 Å². The number of carbonyl (C=O) groups excluding carboxylic acids is 1. The van der Waals surface area contributed by atoms with Crippen molar-refractivity contribution in [3.8, 4) is 0 Å². The van der Waals surface area contributed by atoms with Crippen LogP contribution in [0.3, 0.4) is 0 Å². The number of amides is 1. The zero-order chi connectivity index (χ0) is 14.7. The molecular weight excluding hydrogens is 303 g/mol. The summed E-state index contributed by atoms with van der Waals surface area (Å²) in [5.74, 6) is -0.176. The molecule has 2 aliphatic rings. The minimum Gasteiger partial charge on any atom is -0.351 e. The Labute approximate surface area is 137 Å². The van der Waals surface area contributed by atoms with Crippen LogP contribution >= 0.6 is 12.4 Å². The standard InChI is InChI=1S/C17H23FN2O.ClH/c18-14-6-3-5-13(11-14)17(8-1-2-9-17)16(21)20-15-7-4-10-19-12-15;/h3,5-6,11,15,19H,1-2,4,7-10,12H2,(H,20,21);1H. The number of rotatable bonds is 3. The van der Waals surface area contributed by atoms with E-state index in [0.717, 1.165) is 57.2 Å². The van der Waals surface area contributed by atoms with Crippen molar-refractivity contribution in [2.24, 2.45) is 0 Å². The van der Waals surface area contributed by atoms with Gasteiger partial charge in [-0.15, -0.1) is 12.4 Å². The van der Waals surface area contributed by atoms with Crippen molar-refractivity contribution in [1.82, 2.24) is 10.6 Å². The maximum atomic E-state index is 13.6. The first-order valence-electron chi connectivity index (χ1n) is 7.98. The van der Waals surface area contributed by atoms with Crippen LogP contribution in [0.1, 0.15) is 44.1 Å². The molecule has 1 aliphatic carbocycles. The first-order chi connectivity index (χ1) is 10.2. The van der Waals surface area contributed by atoms with Crippen LogP contribution in [0.5, 0.6) is 0 Å². The molecule has 1 unspecified atom stereocenters. The predicted molar refractivity (Wildman–Crippen MR) is 87.8 cm³/mol. The summed E-state index contributed by atoms with van der Waals surface area (Å²) < 4.78 is 13.6. The Kier molecular flexibility index (Phi) is 5.81. The minimum absolute atomic E-state index is 0. The van der Waals surface area contributed by atoms with E-state index in [0.29, 0.717) is 0 Å². The largest absolute Gasteiger partial charge is 0.351 e. The third-order valence-corrected chi connectivity index (χ3v) is 4.90. The molecule has 0 radical (unpaired) electrons. The lowest BCUT2D eigenvalue weighted by Gasteiger charge is -2.32. The van der Waals surface area contributed by atoms with E-state index in [9.17, 15) is 9.18 Å². The number of hydrogen-bond acceptors (Lipinski definition) is 2. The third kappa shape index (κ3) is 3.44. The number of halogens is 2. The smallest absolute Gasteiger partial charge is 0.230 e. The summed E-state index contributed by atoms with van der Waals surface area (Å²) >= 11 is 0. The summed E-state index contributed by atoms with van der Waals surface area (Å²) in [4.78, 5) is 12.9. The van der Waals surface area contributed by atoms with Crippen LogP contribution in [0.4, 0.5) is 4.39 Å². The monoisotopic (exact) mass is 326 g/mol. The Bertz CT molecular complexity index is 511. The molecule has 3 nitrogen and oxygen atoms in total. The molecule has 1 amide bonds. The molecule has 1 aromatic rings. The van der Waals surface area contributed by atoms with E-state index in [4.69, 9.17) is 0 Å². The molecule has 3 rings (SSSR count). The number of benzene rings is 1. The predicted octanol–water partition coefficient (Wildman–Crippen LogP) is 2.93. The molecule has 1 saturated carbocycles. The van der Waals surface area contributed by atoms with Crippen LogP contribution in [0.2, 0.25) is 0 Å². The van der Waals surface area contributed by atoms with Gasteiger partial charge in [-0.25, -0.2) is 4.39 Å². The molecular formula is C17H24ClFN2O. The van der Waals surface area contributed by atoms with Gasteiger partial charge in [-0.2, -0.15) is 0 Å². The minimum atomic E-state index is -0.528. The summed E-state index contributed by atoms with van der Waals surface area (Å²) in [5.41, 5.74) is 0.306. The molecule has 2 N–H and O–H groups in total. The van der Waals surface area contributed by atoms with Crippen molar-refractivity contribution in [2.75, 3.05) is 13.1 Å². The Morgan fingerprint density at radius 1 is 1.27 bits per heavy atom. The highest BCUT2D eigenvalue weighted by molar-refractivity contribution is 5.88. The number of piperidine rings is 1. The number of carbonyl (C=O) groups is 1. The fraction of sp³-hybridized carbons (Fsp3) is 0.588. The Morgan fingerprint density at radius 2 is 2.05 bits per heavy atom.